The molecular weight excluding hydrogens is 549 g/mol. The molecule has 1 unspecified atom stereocenters. The fourth-order valence-electron chi connectivity index (χ4n) is 2.94. The van der Waals surface area contributed by atoms with E-state index in [2.05, 4.69) is 20.5 Å². The molecule has 1 aliphatic heterocycles. The van der Waals surface area contributed by atoms with E-state index in [1.54, 1.807) is 13.8 Å². The second-order valence-electron chi connectivity index (χ2n) is 8.85. The van der Waals surface area contributed by atoms with Crippen LogP contribution in [0.5, 0.6) is 0 Å². The van der Waals surface area contributed by atoms with Gasteiger partial charge < -0.3 is 20.5 Å². The van der Waals surface area contributed by atoms with Gasteiger partial charge in [0, 0.05) is 30.7 Å². The van der Waals surface area contributed by atoms with Crippen LogP contribution in [0.4, 0.5) is 0 Å². The first-order valence-electron chi connectivity index (χ1n) is 11.4. The van der Waals surface area contributed by atoms with Crippen LogP contribution < -0.4 is 15.7 Å². The van der Waals surface area contributed by atoms with E-state index in [9.17, 15) is 38.1 Å². The second-order valence-corrected chi connectivity index (χ2v) is 11.7. The molecule has 0 radical (unpaired) electrons. The predicted octanol–water partition coefficient (Wildman–Crippen LogP) is -0.427. The van der Waals surface area contributed by atoms with E-state index in [0.29, 0.717) is 0 Å². The molecule has 3 atom stereocenters. The maximum atomic E-state index is 12.9. The van der Waals surface area contributed by atoms with E-state index in [4.69, 9.17) is 14.2 Å². The minimum absolute atomic E-state index is 0.0735. The van der Waals surface area contributed by atoms with Crippen molar-refractivity contribution in [3.8, 4) is 0 Å². The standard InChI is InChI=1S/C21H32N3O12PS/c1-12(20(32)34-4)24-37(33)35-11-21(2,3)17(36-37)18(29)23-6-5-15(27)22-7-8-38-16(28)10-13(25)9-14(26)19(30)31/h12,17H,5-11H2,1-4H3,(H,22,27)(H,23,29)(H,24,33)(H,30,31)/t12-,17-,37?/m0/s1. The van der Waals surface area contributed by atoms with Crippen LogP contribution in [0.3, 0.4) is 0 Å². The number of rotatable bonds is 15. The van der Waals surface area contributed by atoms with Gasteiger partial charge >= 0.3 is 19.7 Å². The number of thioether (sulfide) groups is 1. The first-order chi connectivity index (χ1) is 17.6. The van der Waals surface area contributed by atoms with Gasteiger partial charge in [0.2, 0.25) is 17.6 Å². The molecule has 1 aliphatic rings. The summed E-state index contributed by atoms with van der Waals surface area (Å²) in [4.78, 5) is 80.9. The summed E-state index contributed by atoms with van der Waals surface area (Å²) < 4.78 is 28.2. The van der Waals surface area contributed by atoms with Gasteiger partial charge in [0.15, 0.2) is 11.2 Å². The third-order valence-electron chi connectivity index (χ3n) is 4.98. The van der Waals surface area contributed by atoms with Crippen LogP contribution in [0.15, 0.2) is 0 Å². The van der Waals surface area contributed by atoms with Crippen LogP contribution in [-0.4, -0.2) is 90.2 Å². The minimum Gasteiger partial charge on any atom is -0.475 e. The molecule has 0 spiro atoms. The van der Waals surface area contributed by atoms with Gasteiger partial charge in [-0.3, -0.25) is 37.8 Å². The zero-order valence-electron chi connectivity index (χ0n) is 21.4. The van der Waals surface area contributed by atoms with Crippen molar-refractivity contribution < 1.29 is 57.0 Å². The Balaban J connectivity index is 2.40. The molecule has 1 heterocycles. The molecule has 0 aliphatic carbocycles. The lowest BCUT2D eigenvalue weighted by atomic mass is 9.87. The van der Waals surface area contributed by atoms with Gasteiger partial charge in [0.05, 0.1) is 26.6 Å². The highest BCUT2D eigenvalue weighted by Gasteiger charge is 2.48. The summed E-state index contributed by atoms with van der Waals surface area (Å²) in [5, 5.41) is 15.4. The Hall–Kier alpha value is -2.65. The van der Waals surface area contributed by atoms with Gasteiger partial charge in [-0.05, 0) is 6.92 Å². The van der Waals surface area contributed by atoms with Gasteiger partial charge in [0.1, 0.15) is 11.8 Å². The van der Waals surface area contributed by atoms with Crippen molar-refractivity contribution in [2.45, 2.75) is 52.2 Å². The van der Waals surface area contributed by atoms with Gasteiger partial charge in [0.25, 0.3) is 0 Å². The SMILES string of the molecule is COC(=O)[C@H](C)NP1(=O)OCC(C)(C)[C@H](C(=O)NCCC(=O)NCCSC(=O)CC(=O)CC(=O)C(=O)O)O1. The quantitative estimate of drug-likeness (QED) is 0.0634. The second kappa shape index (κ2) is 15.1. The summed E-state index contributed by atoms with van der Waals surface area (Å²) in [5.41, 5.74) is -0.873. The summed E-state index contributed by atoms with van der Waals surface area (Å²) in [7, 11) is -2.85. The van der Waals surface area contributed by atoms with Crippen LogP contribution in [0.2, 0.25) is 0 Å². The summed E-state index contributed by atoms with van der Waals surface area (Å²) in [6, 6.07) is -1.02. The Kier molecular flexibility index (Phi) is 13.2. The van der Waals surface area contributed by atoms with Gasteiger partial charge in [-0.2, -0.15) is 0 Å². The van der Waals surface area contributed by atoms with Crippen LogP contribution in [-0.2, 0) is 51.9 Å². The summed E-state index contributed by atoms with van der Waals surface area (Å²) in [5.74, 6) is -5.49. The van der Waals surface area contributed by atoms with E-state index in [0.717, 1.165) is 18.9 Å². The van der Waals surface area contributed by atoms with Crippen molar-refractivity contribution in [1.29, 1.82) is 0 Å². The largest absolute Gasteiger partial charge is 0.475 e. The van der Waals surface area contributed by atoms with Gasteiger partial charge in [-0.25, -0.2) is 14.4 Å². The number of nitrogens with one attached hydrogen (secondary N) is 3. The fraction of sp³-hybridized carbons (Fsp3) is 0.667. The fourth-order valence-corrected chi connectivity index (χ4v) is 5.57. The normalized spacial score (nSPS) is 21.0. The number of Topliss-reactive ketones (excluding diaryl/α,β-unsaturated/α-hetero) is 2. The number of amides is 2. The van der Waals surface area contributed by atoms with E-state index in [-0.39, 0.29) is 31.9 Å². The maximum Gasteiger partial charge on any atom is 0.407 e. The summed E-state index contributed by atoms with van der Waals surface area (Å²) in [6.07, 6.45) is -2.78. The Morgan fingerprint density at radius 1 is 1.11 bits per heavy atom. The first-order valence-corrected chi connectivity index (χ1v) is 13.9. The molecule has 4 N–H and O–H groups in total. The van der Waals surface area contributed by atoms with Crippen molar-refractivity contribution >= 4 is 59.9 Å². The number of ether oxygens (including phenoxy) is 1. The smallest absolute Gasteiger partial charge is 0.407 e. The molecule has 214 valence electrons. The molecule has 0 aromatic heterocycles. The Labute approximate surface area is 223 Å². The Morgan fingerprint density at radius 3 is 2.37 bits per heavy atom. The predicted molar refractivity (Wildman–Crippen MR) is 132 cm³/mol. The lowest BCUT2D eigenvalue weighted by molar-refractivity contribution is -0.150. The molecule has 0 saturated carbocycles. The summed E-state index contributed by atoms with van der Waals surface area (Å²) >= 11 is 0.744. The molecule has 1 rings (SSSR count). The van der Waals surface area contributed by atoms with E-state index in [1.807, 2.05) is 0 Å². The molecule has 1 fully saturated rings. The topological polar surface area (TPSA) is 221 Å². The first kappa shape index (κ1) is 33.4. The van der Waals surface area contributed by atoms with Gasteiger partial charge in [-0.1, -0.05) is 25.6 Å². The average Bonchev–Trinajstić information content (AvgIpc) is 2.82. The molecule has 1 saturated heterocycles. The zero-order valence-corrected chi connectivity index (χ0v) is 23.1. The molecule has 38 heavy (non-hydrogen) atoms. The van der Waals surface area contributed by atoms with E-state index >= 15 is 0 Å². The molecule has 0 aromatic rings. The number of methoxy groups -OCH3 is 1. The Bertz CT molecular complexity index is 1000. The lowest BCUT2D eigenvalue weighted by Gasteiger charge is -2.40. The Morgan fingerprint density at radius 2 is 1.76 bits per heavy atom. The van der Waals surface area contributed by atoms with Crippen molar-refractivity contribution in [3.05, 3.63) is 0 Å². The van der Waals surface area contributed by atoms with Crippen molar-refractivity contribution in [2.24, 2.45) is 5.41 Å². The van der Waals surface area contributed by atoms with Crippen LogP contribution in [0, 0.1) is 5.41 Å². The third kappa shape index (κ3) is 11.4. The molecular formula is C21H32N3O12PS. The van der Waals surface area contributed by atoms with Crippen molar-refractivity contribution in [2.75, 3.05) is 32.6 Å². The number of aliphatic carboxylic acids is 1. The number of carbonyl (C=O) groups excluding carboxylic acids is 6. The lowest BCUT2D eigenvalue weighted by Crippen LogP contribution is -2.51. The average molecular weight is 582 g/mol. The molecule has 17 heteroatoms. The number of hydrogen-bond donors (Lipinski definition) is 4. The van der Waals surface area contributed by atoms with Gasteiger partial charge in [-0.15, -0.1) is 0 Å². The number of hydrogen-bond acceptors (Lipinski definition) is 12. The number of ketones is 2. The van der Waals surface area contributed by atoms with Crippen LogP contribution in [0.25, 0.3) is 0 Å². The highest BCUT2D eigenvalue weighted by Crippen LogP contribution is 2.53. The summed E-state index contributed by atoms with van der Waals surface area (Å²) in [6.45, 7) is 4.61. The number of carbonyl (C=O) groups is 7. The third-order valence-corrected chi connectivity index (χ3v) is 7.52. The number of esters is 1. The maximum absolute atomic E-state index is 12.9. The number of carboxylic acids is 1. The van der Waals surface area contributed by atoms with Crippen molar-refractivity contribution in [1.82, 2.24) is 15.7 Å². The zero-order chi connectivity index (χ0) is 29.1. The molecule has 15 nitrogen and oxygen atoms in total. The highest BCUT2D eigenvalue weighted by molar-refractivity contribution is 8.13. The van der Waals surface area contributed by atoms with Crippen molar-refractivity contribution in [3.63, 3.8) is 0 Å². The van der Waals surface area contributed by atoms with E-state index < -0.39 is 78.6 Å². The van der Waals surface area contributed by atoms with Crippen LogP contribution >= 0.6 is 19.5 Å². The molecule has 0 bridgehead atoms. The highest BCUT2D eigenvalue weighted by atomic mass is 32.2. The van der Waals surface area contributed by atoms with Crippen LogP contribution in [0.1, 0.15) is 40.0 Å². The molecule has 2 amide bonds. The van der Waals surface area contributed by atoms with E-state index in [1.165, 1.54) is 6.92 Å². The minimum atomic E-state index is -4.01. The monoisotopic (exact) mass is 581 g/mol. The number of carboxylic acid groups (broad SMARTS) is 1. The molecule has 0 aromatic carbocycles.